The van der Waals surface area contributed by atoms with Crippen LogP contribution in [-0.4, -0.2) is 35.4 Å². The van der Waals surface area contributed by atoms with Gasteiger partial charge in [-0.3, -0.25) is 4.79 Å². The summed E-state index contributed by atoms with van der Waals surface area (Å²) < 4.78 is 0. The summed E-state index contributed by atoms with van der Waals surface area (Å²) in [6.45, 7) is 8.73. The number of aromatic nitrogens is 1. The van der Waals surface area contributed by atoms with Gasteiger partial charge in [0.05, 0.1) is 0 Å². The van der Waals surface area contributed by atoms with E-state index >= 15 is 0 Å². The van der Waals surface area contributed by atoms with Gasteiger partial charge in [0.15, 0.2) is 0 Å². The first-order valence-electron chi connectivity index (χ1n) is 7.23. The van der Waals surface area contributed by atoms with Crippen molar-refractivity contribution < 1.29 is 4.79 Å². The molecule has 0 radical (unpaired) electrons. The Bertz CT molecular complexity index is 387. The van der Waals surface area contributed by atoms with Gasteiger partial charge in [0, 0.05) is 19.6 Å². The predicted molar refractivity (Wildman–Crippen MR) is 79.5 cm³/mol. The molecule has 0 fully saturated rings. The van der Waals surface area contributed by atoms with E-state index in [0.717, 1.165) is 44.7 Å². The number of nitrogens with one attached hydrogen (secondary N) is 1. The fourth-order valence-electron chi connectivity index (χ4n) is 1.92. The van der Waals surface area contributed by atoms with Gasteiger partial charge in [0.25, 0.3) is 5.91 Å². The topological polar surface area (TPSA) is 45.2 Å². The molecule has 0 aliphatic heterocycles. The molecule has 1 amide bonds. The van der Waals surface area contributed by atoms with E-state index in [1.165, 1.54) is 0 Å². The molecule has 1 N–H and O–H groups in total. The first-order chi connectivity index (χ1) is 9.22. The van der Waals surface area contributed by atoms with Crippen molar-refractivity contribution in [3.05, 3.63) is 23.9 Å². The summed E-state index contributed by atoms with van der Waals surface area (Å²) in [5.74, 6) is 0.810. The molecule has 0 atom stereocenters. The molecule has 0 aromatic carbocycles. The minimum Gasteiger partial charge on any atom is -0.370 e. The van der Waals surface area contributed by atoms with Crippen LogP contribution in [-0.2, 0) is 0 Å². The predicted octanol–water partition coefficient (Wildman–Crippen LogP) is 3.17. The number of hydrogen-bond acceptors (Lipinski definition) is 3. The number of hydrogen-bond donors (Lipinski definition) is 1. The van der Waals surface area contributed by atoms with Crippen molar-refractivity contribution in [3.63, 3.8) is 0 Å². The summed E-state index contributed by atoms with van der Waals surface area (Å²) in [5, 5.41) is 3.21. The van der Waals surface area contributed by atoms with Crippen LogP contribution in [0.4, 0.5) is 5.82 Å². The summed E-state index contributed by atoms with van der Waals surface area (Å²) in [4.78, 5) is 18.7. The van der Waals surface area contributed by atoms with E-state index in [4.69, 9.17) is 0 Å². The third-order valence-electron chi connectivity index (χ3n) is 2.80. The minimum atomic E-state index is 0.0313. The van der Waals surface area contributed by atoms with E-state index in [-0.39, 0.29) is 5.91 Å². The Balaban J connectivity index is 2.78. The molecular weight excluding hydrogens is 238 g/mol. The maximum atomic E-state index is 12.4. The van der Waals surface area contributed by atoms with Crippen LogP contribution in [0.5, 0.6) is 0 Å². The first-order valence-corrected chi connectivity index (χ1v) is 7.23. The second kappa shape index (κ2) is 8.51. The smallest absolute Gasteiger partial charge is 0.272 e. The molecule has 0 saturated heterocycles. The number of carbonyl (C=O) groups is 1. The second-order valence-electron chi connectivity index (χ2n) is 4.63. The average Bonchev–Trinajstić information content (AvgIpc) is 2.44. The Morgan fingerprint density at radius 1 is 1.16 bits per heavy atom. The highest BCUT2D eigenvalue weighted by Crippen LogP contribution is 2.09. The van der Waals surface area contributed by atoms with Gasteiger partial charge in [-0.15, -0.1) is 0 Å². The quantitative estimate of drug-likeness (QED) is 0.783. The minimum absolute atomic E-state index is 0.0313. The molecule has 0 unspecified atom stereocenters. The van der Waals surface area contributed by atoms with E-state index in [0.29, 0.717) is 5.69 Å². The van der Waals surface area contributed by atoms with Crippen LogP contribution in [0.15, 0.2) is 18.2 Å². The van der Waals surface area contributed by atoms with Gasteiger partial charge in [-0.05, 0) is 31.4 Å². The highest BCUT2D eigenvalue weighted by Gasteiger charge is 2.15. The molecule has 0 aliphatic rings. The summed E-state index contributed by atoms with van der Waals surface area (Å²) in [6, 6.07) is 5.57. The van der Waals surface area contributed by atoms with Gasteiger partial charge >= 0.3 is 0 Å². The van der Waals surface area contributed by atoms with Crippen molar-refractivity contribution in [2.24, 2.45) is 0 Å². The molecule has 1 aromatic rings. The van der Waals surface area contributed by atoms with Crippen molar-refractivity contribution in [1.82, 2.24) is 9.88 Å². The van der Waals surface area contributed by atoms with Gasteiger partial charge in [-0.25, -0.2) is 4.98 Å². The zero-order chi connectivity index (χ0) is 14.1. The number of nitrogens with zero attached hydrogens (tertiary/aromatic N) is 2. The summed E-state index contributed by atoms with van der Waals surface area (Å²) >= 11 is 0. The summed E-state index contributed by atoms with van der Waals surface area (Å²) in [5.41, 5.74) is 0.531. The molecule has 0 spiro atoms. The highest BCUT2D eigenvalue weighted by atomic mass is 16.2. The maximum Gasteiger partial charge on any atom is 0.272 e. The van der Waals surface area contributed by atoms with Gasteiger partial charge < -0.3 is 10.2 Å². The first kappa shape index (κ1) is 15.5. The Hall–Kier alpha value is -1.58. The van der Waals surface area contributed by atoms with Crippen molar-refractivity contribution in [2.75, 3.05) is 25.0 Å². The molecule has 4 nitrogen and oxygen atoms in total. The molecule has 0 bridgehead atoms. The average molecular weight is 263 g/mol. The lowest BCUT2D eigenvalue weighted by Gasteiger charge is -2.21. The number of carbonyl (C=O) groups excluding carboxylic acids is 1. The van der Waals surface area contributed by atoms with Gasteiger partial charge in [-0.2, -0.15) is 0 Å². The zero-order valence-corrected chi connectivity index (χ0v) is 12.3. The Morgan fingerprint density at radius 3 is 2.42 bits per heavy atom. The standard InChI is InChI=1S/C15H25N3O/c1-4-10-16-14-9-7-8-13(17-14)15(19)18(11-5-2)12-6-3/h7-9H,4-6,10-12H2,1-3H3,(H,16,17). The van der Waals surface area contributed by atoms with E-state index < -0.39 is 0 Å². The van der Waals surface area contributed by atoms with E-state index in [9.17, 15) is 4.79 Å². The van der Waals surface area contributed by atoms with Crippen LogP contribution >= 0.6 is 0 Å². The van der Waals surface area contributed by atoms with Crippen molar-refractivity contribution in [1.29, 1.82) is 0 Å². The maximum absolute atomic E-state index is 12.4. The van der Waals surface area contributed by atoms with Crippen LogP contribution in [0.1, 0.15) is 50.5 Å². The highest BCUT2D eigenvalue weighted by molar-refractivity contribution is 5.92. The number of amides is 1. The summed E-state index contributed by atoms with van der Waals surface area (Å²) in [7, 11) is 0. The van der Waals surface area contributed by atoms with Gasteiger partial charge in [-0.1, -0.05) is 26.8 Å². The van der Waals surface area contributed by atoms with Crippen LogP contribution < -0.4 is 5.32 Å². The van der Waals surface area contributed by atoms with Gasteiger partial charge in [0.2, 0.25) is 0 Å². The lowest BCUT2D eigenvalue weighted by atomic mass is 10.2. The number of anilines is 1. The van der Waals surface area contributed by atoms with Gasteiger partial charge in [0.1, 0.15) is 11.5 Å². The fourth-order valence-corrected chi connectivity index (χ4v) is 1.92. The molecule has 1 rings (SSSR count). The van der Waals surface area contributed by atoms with Crippen molar-refractivity contribution in [3.8, 4) is 0 Å². The third-order valence-corrected chi connectivity index (χ3v) is 2.80. The number of pyridine rings is 1. The van der Waals surface area contributed by atoms with E-state index in [2.05, 4.69) is 31.1 Å². The Labute approximate surface area is 116 Å². The lowest BCUT2D eigenvalue weighted by Crippen LogP contribution is -2.33. The SMILES string of the molecule is CCCNc1cccc(C(=O)N(CCC)CCC)n1. The van der Waals surface area contributed by atoms with Crippen LogP contribution in [0.3, 0.4) is 0 Å². The molecular formula is C15H25N3O. The molecule has 0 saturated carbocycles. The van der Waals surface area contributed by atoms with E-state index in [1.54, 1.807) is 6.07 Å². The van der Waals surface area contributed by atoms with E-state index in [1.807, 2.05) is 17.0 Å². The summed E-state index contributed by atoms with van der Waals surface area (Å²) in [6.07, 6.45) is 2.98. The van der Waals surface area contributed by atoms with Crippen molar-refractivity contribution >= 4 is 11.7 Å². The zero-order valence-electron chi connectivity index (χ0n) is 12.3. The largest absolute Gasteiger partial charge is 0.370 e. The molecule has 1 heterocycles. The normalized spacial score (nSPS) is 10.3. The molecule has 19 heavy (non-hydrogen) atoms. The monoisotopic (exact) mass is 263 g/mol. The van der Waals surface area contributed by atoms with Crippen LogP contribution in [0, 0.1) is 0 Å². The van der Waals surface area contributed by atoms with Crippen LogP contribution in [0.25, 0.3) is 0 Å². The second-order valence-corrected chi connectivity index (χ2v) is 4.63. The lowest BCUT2D eigenvalue weighted by molar-refractivity contribution is 0.0750. The molecule has 1 aromatic heterocycles. The molecule has 106 valence electrons. The fraction of sp³-hybridized carbons (Fsp3) is 0.600. The van der Waals surface area contributed by atoms with Crippen molar-refractivity contribution in [2.45, 2.75) is 40.0 Å². The van der Waals surface area contributed by atoms with Crippen LogP contribution in [0.2, 0.25) is 0 Å². The Kier molecular flexibility index (Phi) is 6.93. The third kappa shape index (κ3) is 4.89. The number of rotatable bonds is 8. The molecule has 0 aliphatic carbocycles. The molecule has 4 heteroatoms. The Morgan fingerprint density at radius 2 is 1.84 bits per heavy atom.